The van der Waals surface area contributed by atoms with Crippen LogP contribution in [-0.2, 0) is 15.6 Å². The predicted molar refractivity (Wildman–Crippen MR) is 122 cm³/mol. The van der Waals surface area contributed by atoms with Gasteiger partial charge in [0.05, 0.1) is 13.0 Å². The van der Waals surface area contributed by atoms with Crippen molar-refractivity contribution in [1.82, 2.24) is 0 Å². The zero-order valence-electron chi connectivity index (χ0n) is 18.8. The number of carbonyl (C=O) groups is 1. The standard InChI is InChI=1S/C26H36O3/c1-7-16-29-23-18-22-21(25(3,4)14-15-26(22,5)6)17-20(23)11-9-8-10-19(2)12-13-24(27)28/h8-12,17-18H,7,13-16H2,1-6H3,(H,27,28). The number of ether oxygens (including phenoxy) is 1. The molecular weight excluding hydrogens is 360 g/mol. The number of allylic oxidation sites excluding steroid dienone is 4. The second kappa shape index (κ2) is 9.47. The Morgan fingerprint density at radius 1 is 1.10 bits per heavy atom. The Morgan fingerprint density at radius 3 is 2.31 bits per heavy atom. The summed E-state index contributed by atoms with van der Waals surface area (Å²) in [4.78, 5) is 10.7. The molecule has 0 saturated heterocycles. The smallest absolute Gasteiger partial charge is 0.307 e. The van der Waals surface area contributed by atoms with Gasteiger partial charge in [0.15, 0.2) is 0 Å². The maximum Gasteiger partial charge on any atom is 0.307 e. The molecule has 2 rings (SSSR count). The maximum absolute atomic E-state index is 10.7. The summed E-state index contributed by atoms with van der Waals surface area (Å²) in [5, 5.41) is 8.76. The van der Waals surface area contributed by atoms with Crippen LogP contribution in [0.5, 0.6) is 5.75 Å². The molecule has 3 nitrogen and oxygen atoms in total. The van der Waals surface area contributed by atoms with E-state index >= 15 is 0 Å². The fourth-order valence-corrected chi connectivity index (χ4v) is 3.76. The number of carboxylic acids is 1. The fourth-order valence-electron chi connectivity index (χ4n) is 3.76. The molecule has 1 aliphatic carbocycles. The van der Waals surface area contributed by atoms with Gasteiger partial charge >= 0.3 is 5.97 Å². The normalized spacial score (nSPS) is 18.2. The van der Waals surface area contributed by atoms with Gasteiger partial charge in [-0.3, -0.25) is 4.79 Å². The van der Waals surface area contributed by atoms with E-state index in [-0.39, 0.29) is 17.3 Å². The van der Waals surface area contributed by atoms with Crippen molar-refractivity contribution >= 4 is 12.0 Å². The molecule has 0 aromatic heterocycles. The van der Waals surface area contributed by atoms with E-state index in [4.69, 9.17) is 9.84 Å². The van der Waals surface area contributed by atoms with Crippen molar-refractivity contribution in [2.75, 3.05) is 6.61 Å². The molecule has 3 heteroatoms. The van der Waals surface area contributed by atoms with Crippen LogP contribution < -0.4 is 4.74 Å². The van der Waals surface area contributed by atoms with Crippen LogP contribution in [0.25, 0.3) is 6.08 Å². The number of benzene rings is 1. The summed E-state index contributed by atoms with van der Waals surface area (Å²) in [6, 6.07) is 4.56. The lowest BCUT2D eigenvalue weighted by atomic mass is 9.63. The molecule has 0 atom stereocenters. The summed E-state index contributed by atoms with van der Waals surface area (Å²) >= 11 is 0. The number of carboxylic acid groups (broad SMARTS) is 1. The Kier molecular flexibility index (Phi) is 7.51. The molecule has 0 aliphatic heterocycles. The first-order valence-corrected chi connectivity index (χ1v) is 10.6. The minimum atomic E-state index is -0.814. The first kappa shape index (κ1) is 23.0. The molecule has 1 aromatic carbocycles. The summed E-state index contributed by atoms with van der Waals surface area (Å²) < 4.78 is 6.10. The molecule has 29 heavy (non-hydrogen) atoms. The van der Waals surface area contributed by atoms with Crippen molar-refractivity contribution in [3.63, 3.8) is 0 Å². The third-order valence-electron chi connectivity index (χ3n) is 5.79. The van der Waals surface area contributed by atoms with Gasteiger partial charge in [-0.05, 0) is 60.3 Å². The molecule has 0 fully saturated rings. The minimum Gasteiger partial charge on any atom is -0.493 e. The molecule has 0 heterocycles. The maximum atomic E-state index is 10.7. The summed E-state index contributed by atoms with van der Waals surface area (Å²) in [5.41, 5.74) is 5.16. The number of rotatable bonds is 8. The van der Waals surface area contributed by atoms with Gasteiger partial charge in [-0.25, -0.2) is 0 Å². The molecule has 0 spiro atoms. The van der Waals surface area contributed by atoms with E-state index in [2.05, 4.69) is 52.8 Å². The number of hydrogen-bond acceptors (Lipinski definition) is 2. The highest BCUT2D eigenvalue weighted by Crippen LogP contribution is 2.47. The summed E-state index contributed by atoms with van der Waals surface area (Å²) in [5.74, 6) is 0.129. The summed E-state index contributed by atoms with van der Waals surface area (Å²) in [7, 11) is 0. The second-order valence-corrected chi connectivity index (χ2v) is 9.32. The van der Waals surface area contributed by atoms with Gasteiger partial charge in [0.1, 0.15) is 5.75 Å². The lowest BCUT2D eigenvalue weighted by molar-refractivity contribution is -0.136. The van der Waals surface area contributed by atoms with Crippen molar-refractivity contribution < 1.29 is 14.6 Å². The molecule has 0 bridgehead atoms. The van der Waals surface area contributed by atoms with Crippen molar-refractivity contribution in [3.8, 4) is 5.75 Å². The van der Waals surface area contributed by atoms with Crippen molar-refractivity contribution in [2.24, 2.45) is 0 Å². The second-order valence-electron chi connectivity index (χ2n) is 9.32. The molecule has 0 saturated carbocycles. The highest BCUT2D eigenvalue weighted by Gasteiger charge is 2.37. The number of aliphatic carboxylic acids is 1. The van der Waals surface area contributed by atoms with E-state index in [9.17, 15) is 4.79 Å². The Morgan fingerprint density at radius 2 is 1.72 bits per heavy atom. The lowest BCUT2D eigenvalue weighted by Crippen LogP contribution is -2.34. The van der Waals surface area contributed by atoms with Crippen LogP contribution >= 0.6 is 0 Å². The lowest BCUT2D eigenvalue weighted by Gasteiger charge is -2.42. The highest BCUT2D eigenvalue weighted by atomic mass is 16.5. The highest BCUT2D eigenvalue weighted by molar-refractivity contribution is 5.69. The van der Waals surface area contributed by atoms with E-state index in [0.717, 1.165) is 23.3 Å². The van der Waals surface area contributed by atoms with Crippen LogP contribution in [0.2, 0.25) is 0 Å². The van der Waals surface area contributed by atoms with Crippen LogP contribution in [0.3, 0.4) is 0 Å². The Labute approximate surface area is 176 Å². The van der Waals surface area contributed by atoms with E-state index in [0.29, 0.717) is 6.61 Å². The van der Waals surface area contributed by atoms with Crippen LogP contribution in [0, 0.1) is 0 Å². The molecule has 0 unspecified atom stereocenters. The van der Waals surface area contributed by atoms with Gasteiger partial charge in [0.2, 0.25) is 0 Å². The fraction of sp³-hybridized carbons (Fsp3) is 0.500. The molecule has 1 N–H and O–H groups in total. The molecule has 158 valence electrons. The SMILES string of the molecule is CCCOc1cc2c(cc1C=CC=CC(C)=CCC(=O)O)C(C)(C)CCC2(C)C. The van der Waals surface area contributed by atoms with Gasteiger partial charge in [0.25, 0.3) is 0 Å². The molecule has 1 aliphatic rings. The van der Waals surface area contributed by atoms with Gasteiger partial charge < -0.3 is 9.84 Å². The first-order chi connectivity index (χ1) is 13.6. The summed E-state index contributed by atoms with van der Waals surface area (Å²) in [6.45, 7) is 14.1. The number of fused-ring (bicyclic) bond motifs is 1. The summed E-state index contributed by atoms with van der Waals surface area (Å²) in [6.07, 6.45) is 13.1. The largest absolute Gasteiger partial charge is 0.493 e. The molecule has 0 amide bonds. The Balaban J connectivity index is 2.37. The third kappa shape index (κ3) is 6.09. The third-order valence-corrected chi connectivity index (χ3v) is 5.79. The molecular formula is C26H36O3. The Bertz CT molecular complexity index is 823. The quantitative estimate of drug-likeness (QED) is 0.491. The molecule has 0 radical (unpaired) electrons. The van der Waals surface area contributed by atoms with E-state index < -0.39 is 5.97 Å². The average Bonchev–Trinajstić information content (AvgIpc) is 2.65. The van der Waals surface area contributed by atoms with Crippen LogP contribution in [0.4, 0.5) is 0 Å². The average molecular weight is 397 g/mol. The van der Waals surface area contributed by atoms with Crippen molar-refractivity contribution in [3.05, 3.63) is 58.7 Å². The Hall–Kier alpha value is -2.29. The van der Waals surface area contributed by atoms with Crippen LogP contribution in [0.1, 0.15) is 83.9 Å². The zero-order chi connectivity index (χ0) is 21.7. The van der Waals surface area contributed by atoms with Gasteiger partial charge in [-0.2, -0.15) is 0 Å². The van der Waals surface area contributed by atoms with Gasteiger partial charge in [-0.15, -0.1) is 0 Å². The van der Waals surface area contributed by atoms with Crippen molar-refractivity contribution in [1.29, 1.82) is 0 Å². The minimum absolute atomic E-state index is 0.0462. The van der Waals surface area contributed by atoms with Crippen LogP contribution in [0.15, 0.2) is 42.0 Å². The van der Waals surface area contributed by atoms with Gasteiger partial charge in [-0.1, -0.05) is 70.6 Å². The van der Waals surface area contributed by atoms with Crippen molar-refractivity contribution in [2.45, 2.75) is 78.1 Å². The van der Waals surface area contributed by atoms with Gasteiger partial charge in [0, 0.05) is 5.56 Å². The van der Waals surface area contributed by atoms with E-state index in [1.807, 2.05) is 25.2 Å². The number of hydrogen-bond donors (Lipinski definition) is 1. The first-order valence-electron chi connectivity index (χ1n) is 10.6. The topological polar surface area (TPSA) is 46.5 Å². The van der Waals surface area contributed by atoms with E-state index in [1.165, 1.54) is 24.0 Å². The predicted octanol–water partition coefficient (Wildman–Crippen LogP) is 6.81. The van der Waals surface area contributed by atoms with Crippen LogP contribution in [-0.4, -0.2) is 17.7 Å². The monoisotopic (exact) mass is 396 g/mol. The zero-order valence-corrected chi connectivity index (χ0v) is 18.8. The van der Waals surface area contributed by atoms with E-state index in [1.54, 1.807) is 6.08 Å². The molecule has 1 aromatic rings.